The lowest BCUT2D eigenvalue weighted by molar-refractivity contribution is 0.124. The van der Waals surface area contributed by atoms with Crippen LogP contribution in [0.3, 0.4) is 0 Å². The number of aryl methyl sites for hydroxylation is 1. The van der Waals surface area contributed by atoms with E-state index in [4.69, 9.17) is 0 Å². The predicted molar refractivity (Wildman–Crippen MR) is 120 cm³/mol. The van der Waals surface area contributed by atoms with E-state index in [1.54, 1.807) is 13.1 Å². The van der Waals surface area contributed by atoms with Crippen molar-refractivity contribution in [2.45, 2.75) is 58.2 Å². The van der Waals surface area contributed by atoms with Gasteiger partial charge in [-0.15, -0.1) is 10.2 Å². The molecule has 32 heavy (non-hydrogen) atoms. The van der Waals surface area contributed by atoms with Crippen molar-refractivity contribution >= 4 is 5.96 Å². The van der Waals surface area contributed by atoms with E-state index < -0.39 is 11.6 Å². The van der Waals surface area contributed by atoms with Crippen molar-refractivity contribution in [2.75, 3.05) is 33.2 Å². The van der Waals surface area contributed by atoms with Gasteiger partial charge in [0.25, 0.3) is 0 Å². The third-order valence-corrected chi connectivity index (χ3v) is 6.57. The fourth-order valence-corrected chi connectivity index (χ4v) is 4.86. The van der Waals surface area contributed by atoms with E-state index >= 15 is 0 Å². The molecule has 1 atom stereocenters. The van der Waals surface area contributed by atoms with Gasteiger partial charge in [0.2, 0.25) is 0 Å². The van der Waals surface area contributed by atoms with E-state index in [0.29, 0.717) is 12.1 Å². The summed E-state index contributed by atoms with van der Waals surface area (Å²) >= 11 is 0. The minimum absolute atomic E-state index is 0.0563. The maximum atomic E-state index is 14.4. The van der Waals surface area contributed by atoms with E-state index in [-0.39, 0.29) is 6.04 Å². The number of fused-ring (bicyclic) bond motifs is 1. The van der Waals surface area contributed by atoms with Crippen LogP contribution in [0.25, 0.3) is 0 Å². The van der Waals surface area contributed by atoms with Crippen molar-refractivity contribution < 1.29 is 8.78 Å². The summed E-state index contributed by atoms with van der Waals surface area (Å²) < 4.78 is 29.9. The summed E-state index contributed by atoms with van der Waals surface area (Å²) in [6.07, 6.45) is 5.35. The highest BCUT2D eigenvalue weighted by atomic mass is 19.1. The Morgan fingerprint density at radius 2 is 1.91 bits per heavy atom. The Labute approximate surface area is 188 Å². The second kappa shape index (κ2) is 10.4. The van der Waals surface area contributed by atoms with Crippen molar-refractivity contribution in [3.05, 3.63) is 47.0 Å². The molecule has 1 N–H and O–H groups in total. The fourth-order valence-electron chi connectivity index (χ4n) is 4.86. The van der Waals surface area contributed by atoms with Crippen molar-refractivity contribution in [2.24, 2.45) is 4.99 Å². The molecular weight excluding hydrogens is 412 g/mol. The quantitative estimate of drug-likeness (QED) is 0.566. The maximum absolute atomic E-state index is 14.4. The summed E-state index contributed by atoms with van der Waals surface area (Å²) in [4.78, 5) is 8.97. The van der Waals surface area contributed by atoms with Crippen LogP contribution in [0.1, 0.15) is 55.9 Å². The molecule has 7 nitrogen and oxygen atoms in total. The molecule has 0 aliphatic carbocycles. The van der Waals surface area contributed by atoms with Gasteiger partial charge >= 0.3 is 0 Å². The summed E-state index contributed by atoms with van der Waals surface area (Å²) in [6, 6.07) is 3.84. The second-order valence-corrected chi connectivity index (χ2v) is 8.51. The number of benzene rings is 1. The number of nitrogens with zero attached hydrogens (tertiary/aromatic N) is 6. The minimum Gasteiger partial charge on any atom is -0.349 e. The average molecular weight is 446 g/mol. The first-order chi connectivity index (χ1) is 15.6. The highest BCUT2D eigenvalue weighted by molar-refractivity contribution is 5.79. The van der Waals surface area contributed by atoms with Gasteiger partial charge in [-0.25, -0.2) is 8.78 Å². The molecule has 1 unspecified atom stereocenters. The zero-order valence-corrected chi connectivity index (χ0v) is 19.0. The second-order valence-electron chi connectivity index (χ2n) is 8.51. The van der Waals surface area contributed by atoms with Crippen molar-refractivity contribution in [3.63, 3.8) is 0 Å². The van der Waals surface area contributed by atoms with Crippen LogP contribution in [0.4, 0.5) is 8.78 Å². The van der Waals surface area contributed by atoms with E-state index in [1.165, 1.54) is 25.3 Å². The lowest BCUT2D eigenvalue weighted by Crippen LogP contribution is -2.53. The summed E-state index contributed by atoms with van der Waals surface area (Å²) in [5, 5.41) is 12.2. The van der Waals surface area contributed by atoms with Gasteiger partial charge < -0.3 is 14.8 Å². The fraction of sp³-hybridized carbons (Fsp3) is 0.609. The zero-order valence-electron chi connectivity index (χ0n) is 19.0. The molecule has 9 heteroatoms. The monoisotopic (exact) mass is 445 g/mol. The molecule has 1 aromatic heterocycles. The molecule has 0 spiro atoms. The SMILES string of the molecule is CCC(c1ccc(F)cc1F)N1CCN(C(=NC)NCc2nnc3n2CCCCC3)CC1. The maximum Gasteiger partial charge on any atom is 0.194 e. The van der Waals surface area contributed by atoms with Crippen LogP contribution in [-0.2, 0) is 19.5 Å². The number of rotatable bonds is 5. The van der Waals surface area contributed by atoms with Gasteiger partial charge in [-0.2, -0.15) is 0 Å². The minimum atomic E-state index is -0.537. The van der Waals surface area contributed by atoms with Crippen LogP contribution in [0, 0.1) is 11.6 Å². The number of hydrogen-bond donors (Lipinski definition) is 1. The molecule has 1 fully saturated rings. The van der Waals surface area contributed by atoms with Crippen LogP contribution in [0.5, 0.6) is 0 Å². The van der Waals surface area contributed by atoms with Gasteiger partial charge in [0.15, 0.2) is 11.8 Å². The van der Waals surface area contributed by atoms with Gasteiger partial charge in [-0.05, 0) is 25.3 Å². The Kier molecular flexibility index (Phi) is 7.34. The number of aliphatic imine (C=N–C) groups is 1. The largest absolute Gasteiger partial charge is 0.349 e. The first-order valence-corrected chi connectivity index (χ1v) is 11.7. The van der Waals surface area contributed by atoms with Crippen LogP contribution in [0.15, 0.2) is 23.2 Å². The molecule has 1 aromatic carbocycles. The average Bonchev–Trinajstić information content (AvgIpc) is 3.03. The topological polar surface area (TPSA) is 61.6 Å². The zero-order chi connectivity index (χ0) is 22.5. The lowest BCUT2D eigenvalue weighted by atomic mass is 10.0. The van der Waals surface area contributed by atoms with Gasteiger partial charge in [-0.1, -0.05) is 19.4 Å². The molecule has 0 saturated carbocycles. The number of hydrogen-bond acceptors (Lipinski definition) is 4. The van der Waals surface area contributed by atoms with Crippen molar-refractivity contribution in [3.8, 4) is 0 Å². The molecular formula is C23H33F2N7. The molecule has 3 heterocycles. The Morgan fingerprint density at radius 3 is 2.62 bits per heavy atom. The van der Waals surface area contributed by atoms with Crippen LogP contribution >= 0.6 is 0 Å². The standard InChI is InChI=1S/C23H33F2N7/c1-3-20(18-9-8-17(24)15-19(18)25)30-11-13-31(14-12-30)23(26-2)27-16-22-29-28-21-7-5-4-6-10-32(21)22/h8-9,15,20H,3-7,10-14,16H2,1-2H3,(H,26,27). The number of piperazine rings is 1. The Hall–Kier alpha value is -2.55. The number of halogens is 2. The van der Waals surface area contributed by atoms with E-state index in [9.17, 15) is 8.78 Å². The van der Waals surface area contributed by atoms with Crippen molar-refractivity contribution in [1.29, 1.82) is 0 Å². The lowest BCUT2D eigenvalue weighted by Gasteiger charge is -2.40. The normalized spacial score (nSPS) is 18.9. The van der Waals surface area contributed by atoms with Gasteiger partial charge in [0, 0.05) is 63.9 Å². The smallest absolute Gasteiger partial charge is 0.194 e. The number of guanidine groups is 1. The first-order valence-electron chi connectivity index (χ1n) is 11.7. The van der Waals surface area contributed by atoms with Crippen LogP contribution < -0.4 is 5.32 Å². The molecule has 1 saturated heterocycles. The van der Waals surface area contributed by atoms with Gasteiger partial charge in [0.1, 0.15) is 17.5 Å². The Balaban J connectivity index is 1.35. The molecule has 0 amide bonds. The van der Waals surface area contributed by atoms with Gasteiger partial charge in [0.05, 0.1) is 6.54 Å². The van der Waals surface area contributed by atoms with Gasteiger partial charge in [-0.3, -0.25) is 9.89 Å². The Bertz CT molecular complexity index is 934. The number of nitrogens with one attached hydrogen (secondary N) is 1. The molecule has 2 aliphatic heterocycles. The molecule has 0 bridgehead atoms. The first kappa shape index (κ1) is 22.6. The third-order valence-electron chi connectivity index (χ3n) is 6.57. The highest BCUT2D eigenvalue weighted by Gasteiger charge is 2.27. The molecule has 2 aliphatic rings. The number of aromatic nitrogens is 3. The summed E-state index contributed by atoms with van der Waals surface area (Å²) in [5.41, 5.74) is 0.567. The summed E-state index contributed by atoms with van der Waals surface area (Å²) in [6.45, 7) is 6.77. The van der Waals surface area contributed by atoms with Crippen LogP contribution in [-0.4, -0.2) is 63.8 Å². The molecule has 174 valence electrons. The molecule has 2 aromatic rings. The van der Waals surface area contributed by atoms with Crippen LogP contribution in [0.2, 0.25) is 0 Å². The predicted octanol–water partition coefficient (Wildman–Crippen LogP) is 3.13. The summed E-state index contributed by atoms with van der Waals surface area (Å²) in [5.74, 6) is 1.88. The third kappa shape index (κ3) is 4.92. The van der Waals surface area contributed by atoms with E-state index in [2.05, 4.69) is 34.9 Å². The van der Waals surface area contributed by atoms with Crippen molar-refractivity contribution in [1.82, 2.24) is 29.9 Å². The molecule has 0 radical (unpaired) electrons. The van der Waals surface area contributed by atoms with E-state index in [1.807, 2.05) is 6.92 Å². The Morgan fingerprint density at radius 1 is 1.09 bits per heavy atom. The summed E-state index contributed by atoms with van der Waals surface area (Å²) in [7, 11) is 1.79. The highest BCUT2D eigenvalue weighted by Crippen LogP contribution is 2.28. The molecule has 4 rings (SSSR count). The van der Waals surface area contributed by atoms with E-state index in [0.717, 1.165) is 69.2 Å².